The van der Waals surface area contributed by atoms with Crippen LogP contribution in [0, 0.1) is 0 Å². The maximum atomic E-state index is 12.8. The number of methoxy groups -OCH3 is 1. The zero-order chi connectivity index (χ0) is 21.1. The zero-order valence-electron chi connectivity index (χ0n) is 16.6. The van der Waals surface area contributed by atoms with Gasteiger partial charge in [-0.1, -0.05) is 23.4 Å². The Hall–Kier alpha value is -2.91. The lowest BCUT2D eigenvalue weighted by atomic mass is 10.0. The van der Waals surface area contributed by atoms with E-state index >= 15 is 0 Å². The molecule has 8 nitrogen and oxygen atoms in total. The number of oxime groups is 1. The molecule has 1 saturated heterocycles. The number of benzene rings is 2. The molecule has 1 amide bonds. The Balaban J connectivity index is 1.34. The molecule has 0 aromatic heterocycles. The van der Waals surface area contributed by atoms with Crippen molar-refractivity contribution in [2.24, 2.45) is 5.16 Å². The maximum absolute atomic E-state index is 12.8. The Morgan fingerprint density at radius 2 is 1.70 bits per heavy atom. The molecular weight excluding hydrogens is 406 g/mol. The van der Waals surface area contributed by atoms with Crippen molar-refractivity contribution in [3.05, 3.63) is 60.2 Å². The molecule has 2 aliphatic heterocycles. The fraction of sp³-hybridized carbons (Fsp3) is 0.333. The van der Waals surface area contributed by atoms with Crippen LogP contribution in [0.3, 0.4) is 0 Å². The molecule has 0 N–H and O–H groups in total. The summed E-state index contributed by atoms with van der Waals surface area (Å²) in [4.78, 5) is 20.1. The first-order valence-electron chi connectivity index (χ1n) is 9.70. The second kappa shape index (κ2) is 8.45. The van der Waals surface area contributed by atoms with E-state index in [1.54, 1.807) is 42.3 Å². The third-order valence-corrected chi connectivity index (χ3v) is 7.21. The largest absolute Gasteiger partial charge is 0.497 e. The number of carbonyl (C=O) groups excluding carboxylic acids is 1. The lowest BCUT2D eigenvalue weighted by molar-refractivity contribution is -0.143. The Labute approximate surface area is 175 Å². The smallest absolute Gasteiger partial charge is 0.266 e. The van der Waals surface area contributed by atoms with E-state index in [2.05, 4.69) is 5.16 Å². The monoisotopic (exact) mass is 429 g/mol. The van der Waals surface area contributed by atoms with Crippen molar-refractivity contribution in [3.63, 3.8) is 0 Å². The van der Waals surface area contributed by atoms with E-state index < -0.39 is 16.1 Å². The van der Waals surface area contributed by atoms with Gasteiger partial charge in [-0.05, 0) is 42.0 Å². The Bertz CT molecular complexity index is 1030. The van der Waals surface area contributed by atoms with Crippen molar-refractivity contribution >= 4 is 21.6 Å². The quantitative estimate of drug-likeness (QED) is 0.722. The van der Waals surface area contributed by atoms with Gasteiger partial charge < -0.3 is 14.5 Å². The summed E-state index contributed by atoms with van der Waals surface area (Å²) < 4.78 is 32.0. The molecule has 9 heteroatoms. The van der Waals surface area contributed by atoms with Gasteiger partial charge in [-0.15, -0.1) is 0 Å². The number of rotatable bonds is 5. The third kappa shape index (κ3) is 4.03. The van der Waals surface area contributed by atoms with Gasteiger partial charge in [0.15, 0.2) is 0 Å². The minimum Gasteiger partial charge on any atom is -0.497 e. The second-order valence-corrected chi connectivity index (χ2v) is 9.05. The van der Waals surface area contributed by atoms with Crippen molar-refractivity contribution in [1.82, 2.24) is 9.21 Å². The van der Waals surface area contributed by atoms with Crippen molar-refractivity contribution in [1.29, 1.82) is 0 Å². The van der Waals surface area contributed by atoms with Gasteiger partial charge in [-0.2, -0.15) is 4.31 Å². The van der Waals surface area contributed by atoms with Gasteiger partial charge in [0.05, 0.1) is 17.7 Å². The predicted molar refractivity (Wildman–Crippen MR) is 111 cm³/mol. The van der Waals surface area contributed by atoms with Gasteiger partial charge in [0, 0.05) is 32.6 Å². The number of amides is 1. The number of piperazine rings is 1. The lowest BCUT2D eigenvalue weighted by Gasteiger charge is -2.34. The summed E-state index contributed by atoms with van der Waals surface area (Å²) in [5.41, 5.74) is 1.59. The average molecular weight is 429 g/mol. The molecule has 0 radical (unpaired) electrons. The molecule has 1 fully saturated rings. The Kier molecular flexibility index (Phi) is 5.74. The molecule has 2 aliphatic rings. The molecule has 30 heavy (non-hydrogen) atoms. The Morgan fingerprint density at radius 1 is 1.03 bits per heavy atom. The number of hydrogen-bond acceptors (Lipinski definition) is 6. The standard InChI is InChI=1S/C21H23N3O5S/c1-28-17-9-7-16(8-10-17)19-15-20(29-22-19)21(25)23-11-13-24(14-12-23)30(26,27)18-5-3-2-4-6-18/h2-10,20H,11-15H2,1H3. The summed E-state index contributed by atoms with van der Waals surface area (Å²) >= 11 is 0. The summed E-state index contributed by atoms with van der Waals surface area (Å²) in [6.07, 6.45) is -0.298. The summed E-state index contributed by atoms with van der Waals surface area (Å²) in [7, 11) is -1.95. The summed E-state index contributed by atoms with van der Waals surface area (Å²) in [6, 6.07) is 15.8. The van der Waals surface area contributed by atoms with Crippen LogP contribution in [0.4, 0.5) is 0 Å². The molecule has 0 bridgehead atoms. The van der Waals surface area contributed by atoms with E-state index in [1.807, 2.05) is 24.3 Å². The van der Waals surface area contributed by atoms with Crippen LogP contribution in [0.2, 0.25) is 0 Å². The van der Waals surface area contributed by atoms with Crippen LogP contribution >= 0.6 is 0 Å². The van der Waals surface area contributed by atoms with Crippen LogP contribution < -0.4 is 4.74 Å². The lowest BCUT2D eigenvalue weighted by Crippen LogP contribution is -2.52. The normalized spacial score (nSPS) is 19.8. The SMILES string of the molecule is COc1ccc(C2=NOC(C(=O)N3CCN(S(=O)(=O)c4ccccc4)CC3)C2)cc1. The minimum atomic E-state index is -3.55. The van der Waals surface area contributed by atoms with Crippen molar-refractivity contribution in [2.75, 3.05) is 33.3 Å². The molecule has 2 aromatic carbocycles. The number of nitrogens with zero attached hydrogens (tertiary/aromatic N) is 3. The molecule has 0 aliphatic carbocycles. The van der Waals surface area contributed by atoms with E-state index in [9.17, 15) is 13.2 Å². The second-order valence-electron chi connectivity index (χ2n) is 7.11. The minimum absolute atomic E-state index is 0.168. The topological polar surface area (TPSA) is 88.5 Å². The number of hydrogen-bond donors (Lipinski definition) is 0. The highest BCUT2D eigenvalue weighted by Crippen LogP contribution is 2.22. The first-order chi connectivity index (χ1) is 14.5. The Morgan fingerprint density at radius 3 is 2.33 bits per heavy atom. The summed E-state index contributed by atoms with van der Waals surface area (Å²) in [5.74, 6) is 0.577. The molecule has 4 rings (SSSR count). The van der Waals surface area contributed by atoms with Crippen LogP contribution in [-0.4, -0.2) is 68.6 Å². The van der Waals surface area contributed by atoms with Crippen LogP contribution in [-0.2, 0) is 19.7 Å². The van der Waals surface area contributed by atoms with Gasteiger partial charge in [0.25, 0.3) is 5.91 Å². The molecule has 2 heterocycles. The predicted octanol–water partition coefficient (Wildman–Crippen LogP) is 1.72. The average Bonchev–Trinajstić information content (AvgIpc) is 3.29. The highest BCUT2D eigenvalue weighted by molar-refractivity contribution is 7.89. The van der Waals surface area contributed by atoms with Crippen LogP contribution in [0.25, 0.3) is 0 Å². The molecule has 0 saturated carbocycles. The molecule has 0 spiro atoms. The van der Waals surface area contributed by atoms with Crippen LogP contribution in [0.1, 0.15) is 12.0 Å². The van der Waals surface area contributed by atoms with Crippen LogP contribution in [0.15, 0.2) is 64.6 Å². The molecule has 1 atom stereocenters. The fourth-order valence-corrected chi connectivity index (χ4v) is 5.00. The van der Waals surface area contributed by atoms with Gasteiger partial charge in [0.2, 0.25) is 16.1 Å². The van der Waals surface area contributed by atoms with Crippen molar-refractivity contribution in [2.45, 2.75) is 17.4 Å². The maximum Gasteiger partial charge on any atom is 0.266 e. The fourth-order valence-electron chi connectivity index (χ4n) is 3.56. The first kappa shape index (κ1) is 20.4. The van der Waals surface area contributed by atoms with Gasteiger partial charge in [-0.3, -0.25) is 4.79 Å². The van der Waals surface area contributed by atoms with Crippen LogP contribution in [0.5, 0.6) is 5.75 Å². The molecule has 2 aromatic rings. The van der Waals surface area contributed by atoms with E-state index in [4.69, 9.17) is 9.57 Å². The number of ether oxygens (including phenoxy) is 1. The highest BCUT2D eigenvalue weighted by atomic mass is 32.2. The first-order valence-corrected chi connectivity index (χ1v) is 11.1. The van der Waals surface area contributed by atoms with E-state index in [1.165, 1.54) is 4.31 Å². The zero-order valence-corrected chi connectivity index (χ0v) is 17.4. The molecule has 1 unspecified atom stereocenters. The van der Waals surface area contributed by atoms with Gasteiger partial charge >= 0.3 is 0 Å². The number of carbonyl (C=O) groups is 1. The van der Waals surface area contributed by atoms with E-state index in [0.29, 0.717) is 25.2 Å². The van der Waals surface area contributed by atoms with Gasteiger partial charge in [-0.25, -0.2) is 8.42 Å². The van der Waals surface area contributed by atoms with Crippen molar-refractivity contribution < 1.29 is 22.8 Å². The summed E-state index contributed by atoms with van der Waals surface area (Å²) in [6.45, 7) is 1.15. The highest BCUT2D eigenvalue weighted by Gasteiger charge is 2.36. The van der Waals surface area contributed by atoms with Gasteiger partial charge in [0.1, 0.15) is 5.75 Å². The molecule has 158 valence electrons. The van der Waals surface area contributed by atoms with Crippen molar-refractivity contribution in [3.8, 4) is 5.75 Å². The summed E-state index contributed by atoms with van der Waals surface area (Å²) in [5, 5.41) is 4.07. The van der Waals surface area contributed by atoms with E-state index in [0.717, 1.165) is 11.3 Å². The number of sulfonamides is 1. The molecular formula is C21H23N3O5S. The third-order valence-electron chi connectivity index (χ3n) is 5.30. The van der Waals surface area contributed by atoms with E-state index in [-0.39, 0.29) is 23.9 Å².